The summed E-state index contributed by atoms with van der Waals surface area (Å²) in [5, 5.41) is 14.1. The quantitative estimate of drug-likeness (QED) is 0.225. The number of carbonyl (C=O) groups excluding carboxylic acids is 2. The number of likely N-dealkylation sites (tertiary alicyclic amines) is 1. The molecule has 1 aliphatic rings. The Morgan fingerprint density at radius 1 is 1.02 bits per heavy atom. The van der Waals surface area contributed by atoms with E-state index >= 15 is 4.39 Å². The van der Waals surface area contributed by atoms with Crippen molar-refractivity contribution in [2.24, 2.45) is 7.05 Å². The number of pyridine rings is 2. The van der Waals surface area contributed by atoms with Gasteiger partial charge in [-0.15, -0.1) is 5.10 Å². The van der Waals surface area contributed by atoms with Crippen LogP contribution in [0.15, 0.2) is 79.4 Å². The lowest BCUT2D eigenvalue weighted by atomic mass is 10.00. The van der Waals surface area contributed by atoms with Gasteiger partial charge in [0.2, 0.25) is 0 Å². The molecule has 0 spiro atoms. The minimum Gasteiger partial charge on any atom is -0.444 e. The van der Waals surface area contributed by atoms with Gasteiger partial charge >= 0.3 is 6.09 Å². The molecule has 0 saturated carbocycles. The lowest BCUT2D eigenvalue weighted by molar-refractivity contribution is 0.0196. The van der Waals surface area contributed by atoms with Crippen LogP contribution in [-0.2, 0) is 11.8 Å². The summed E-state index contributed by atoms with van der Waals surface area (Å²) in [6.07, 6.45) is 7.70. The van der Waals surface area contributed by atoms with E-state index in [0.29, 0.717) is 47.4 Å². The molecular weight excluding hydrogens is 613 g/mol. The van der Waals surface area contributed by atoms with Crippen LogP contribution in [0, 0.1) is 5.82 Å². The molecular formula is C35H34FN9O3. The molecule has 1 saturated heterocycles. The van der Waals surface area contributed by atoms with E-state index in [4.69, 9.17) is 4.74 Å². The maximum absolute atomic E-state index is 16.0. The lowest BCUT2D eigenvalue weighted by Crippen LogP contribution is -2.53. The SMILES string of the molecule is Cn1cc(-c2ccc3c(N(C(=O)c4ccc(-n5nnc6cccnc65)cc4F)[C@@H]4CCCN(C(=O)OC(C)(C)C)C4)nccc3c2)cn1. The van der Waals surface area contributed by atoms with Crippen molar-refractivity contribution in [1.82, 2.24) is 39.6 Å². The summed E-state index contributed by atoms with van der Waals surface area (Å²) < 4.78 is 24.9. The summed E-state index contributed by atoms with van der Waals surface area (Å²) in [6, 6.07) is 15.1. The second-order valence-electron chi connectivity index (χ2n) is 12.9. The minimum atomic E-state index is -0.735. The number of piperidine rings is 1. The van der Waals surface area contributed by atoms with Crippen LogP contribution in [0.3, 0.4) is 0 Å². The van der Waals surface area contributed by atoms with Crippen molar-refractivity contribution in [1.29, 1.82) is 0 Å². The minimum absolute atomic E-state index is 0.142. The van der Waals surface area contributed by atoms with Gasteiger partial charge < -0.3 is 9.64 Å². The molecule has 0 N–H and O–H groups in total. The third-order valence-corrected chi connectivity index (χ3v) is 8.28. The predicted molar refractivity (Wildman–Crippen MR) is 178 cm³/mol. The van der Waals surface area contributed by atoms with Crippen molar-refractivity contribution < 1.29 is 18.7 Å². The normalized spacial score (nSPS) is 15.2. The first-order valence-corrected chi connectivity index (χ1v) is 15.7. The lowest BCUT2D eigenvalue weighted by Gasteiger charge is -2.39. The first-order chi connectivity index (χ1) is 23.1. The van der Waals surface area contributed by atoms with E-state index in [0.717, 1.165) is 16.5 Å². The topological polar surface area (TPSA) is 124 Å². The summed E-state index contributed by atoms with van der Waals surface area (Å²) in [7, 11) is 1.86. The fourth-order valence-corrected chi connectivity index (χ4v) is 6.07. The number of fused-ring (bicyclic) bond motifs is 2. The third-order valence-electron chi connectivity index (χ3n) is 8.28. The highest BCUT2D eigenvalue weighted by Crippen LogP contribution is 2.33. The van der Waals surface area contributed by atoms with Gasteiger partial charge in [0.15, 0.2) is 5.65 Å². The molecule has 0 bridgehead atoms. The standard InChI is InChI=1S/C35H34FN9O3/c1-35(2,3)48-34(47)43-16-6-7-26(21-43)44(31-27-11-9-22(17-23(27)13-15-38-31)24-19-39-42(4)20-24)33(46)28-12-10-25(18-29(28)36)45-32-30(40-41-45)8-5-14-37-32/h5,8-15,17-20,26H,6-7,16,21H2,1-4H3/t26-/m1/s1. The van der Waals surface area contributed by atoms with Crippen molar-refractivity contribution >= 4 is 39.8 Å². The highest BCUT2D eigenvalue weighted by Gasteiger charge is 2.36. The average molecular weight is 648 g/mol. The molecule has 12 nitrogen and oxygen atoms in total. The molecule has 1 fully saturated rings. The van der Waals surface area contributed by atoms with E-state index in [-0.39, 0.29) is 12.1 Å². The fraction of sp³-hybridized carbons (Fsp3) is 0.286. The van der Waals surface area contributed by atoms with E-state index in [2.05, 4.69) is 25.4 Å². The molecule has 48 heavy (non-hydrogen) atoms. The smallest absolute Gasteiger partial charge is 0.410 e. The monoisotopic (exact) mass is 647 g/mol. The summed E-state index contributed by atoms with van der Waals surface area (Å²) >= 11 is 0. The Balaban J connectivity index is 1.29. The number of ether oxygens (including phenoxy) is 1. The molecule has 244 valence electrons. The largest absolute Gasteiger partial charge is 0.444 e. The zero-order chi connectivity index (χ0) is 33.6. The van der Waals surface area contributed by atoms with E-state index in [9.17, 15) is 9.59 Å². The second-order valence-corrected chi connectivity index (χ2v) is 12.9. The van der Waals surface area contributed by atoms with Gasteiger partial charge in [-0.05, 0) is 81.0 Å². The van der Waals surface area contributed by atoms with Gasteiger partial charge in [-0.2, -0.15) is 9.78 Å². The molecule has 2 amide bonds. The van der Waals surface area contributed by atoms with E-state index < -0.39 is 29.5 Å². The number of hydrogen-bond donors (Lipinski definition) is 0. The van der Waals surface area contributed by atoms with Crippen LogP contribution in [0.25, 0.3) is 38.8 Å². The van der Waals surface area contributed by atoms with E-state index in [1.165, 1.54) is 21.7 Å². The number of amides is 2. The molecule has 4 aromatic heterocycles. The van der Waals surface area contributed by atoms with Crippen LogP contribution in [0.1, 0.15) is 44.0 Å². The highest BCUT2D eigenvalue weighted by molar-refractivity contribution is 6.10. The van der Waals surface area contributed by atoms with Gasteiger partial charge in [0.05, 0.1) is 23.5 Å². The van der Waals surface area contributed by atoms with Gasteiger partial charge in [-0.1, -0.05) is 17.3 Å². The number of hydrogen-bond acceptors (Lipinski definition) is 8. The number of aromatic nitrogens is 7. The molecule has 0 radical (unpaired) electrons. The Kier molecular flexibility index (Phi) is 7.82. The number of anilines is 1. The molecule has 13 heteroatoms. The molecule has 0 unspecified atom stereocenters. The van der Waals surface area contributed by atoms with Crippen LogP contribution in [-0.4, -0.2) is 76.4 Å². The Morgan fingerprint density at radius 2 is 1.88 bits per heavy atom. The maximum Gasteiger partial charge on any atom is 0.410 e. The molecule has 1 aliphatic heterocycles. The molecule has 2 aromatic carbocycles. The number of carbonyl (C=O) groups is 2. The zero-order valence-corrected chi connectivity index (χ0v) is 27.0. The van der Waals surface area contributed by atoms with E-state index in [1.807, 2.05) is 58.3 Å². The molecule has 0 aliphatic carbocycles. The number of halogens is 1. The summed E-state index contributed by atoms with van der Waals surface area (Å²) in [5.74, 6) is -0.935. The Labute approximate surface area is 275 Å². The number of aryl methyl sites for hydroxylation is 1. The Morgan fingerprint density at radius 3 is 2.65 bits per heavy atom. The van der Waals surface area contributed by atoms with Crippen LogP contribution >= 0.6 is 0 Å². The maximum atomic E-state index is 16.0. The van der Waals surface area contributed by atoms with Crippen molar-refractivity contribution in [3.63, 3.8) is 0 Å². The van der Waals surface area contributed by atoms with Crippen molar-refractivity contribution in [2.75, 3.05) is 18.0 Å². The predicted octanol–water partition coefficient (Wildman–Crippen LogP) is 5.95. The summed E-state index contributed by atoms with van der Waals surface area (Å²) in [6.45, 7) is 6.11. The molecule has 1 atom stereocenters. The first kappa shape index (κ1) is 30.9. The van der Waals surface area contributed by atoms with Crippen molar-refractivity contribution in [2.45, 2.75) is 45.3 Å². The highest BCUT2D eigenvalue weighted by atomic mass is 19.1. The second kappa shape index (κ2) is 12.1. The average Bonchev–Trinajstić information content (AvgIpc) is 3.70. The van der Waals surface area contributed by atoms with Crippen molar-refractivity contribution in [3.8, 4) is 16.8 Å². The van der Waals surface area contributed by atoms with Crippen LogP contribution in [0.5, 0.6) is 0 Å². The fourth-order valence-electron chi connectivity index (χ4n) is 6.07. The summed E-state index contributed by atoms with van der Waals surface area (Å²) in [5.41, 5.74) is 2.48. The van der Waals surface area contributed by atoms with Gasteiger partial charge in [0, 0.05) is 55.7 Å². The first-order valence-electron chi connectivity index (χ1n) is 15.7. The number of rotatable bonds is 5. The van der Waals surface area contributed by atoms with Crippen LogP contribution in [0.2, 0.25) is 0 Å². The van der Waals surface area contributed by atoms with Crippen LogP contribution < -0.4 is 4.90 Å². The summed E-state index contributed by atoms with van der Waals surface area (Å²) in [4.78, 5) is 39.9. The number of benzene rings is 2. The van der Waals surface area contributed by atoms with E-state index in [1.54, 1.807) is 46.4 Å². The Bertz CT molecular complexity index is 2170. The van der Waals surface area contributed by atoms with Gasteiger partial charge in [0.25, 0.3) is 5.91 Å². The molecule has 6 aromatic rings. The Hall–Kier alpha value is -5.72. The van der Waals surface area contributed by atoms with Crippen molar-refractivity contribution in [3.05, 3.63) is 90.8 Å². The third kappa shape index (κ3) is 5.94. The van der Waals surface area contributed by atoms with Gasteiger partial charge in [-0.25, -0.2) is 19.2 Å². The molecule has 5 heterocycles. The van der Waals surface area contributed by atoms with Crippen LogP contribution in [0.4, 0.5) is 15.0 Å². The van der Waals surface area contributed by atoms with Gasteiger partial charge in [0.1, 0.15) is 22.8 Å². The zero-order valence-electron chi connectivity index (χ0n) is 27.0. The van der Waals surface area contributed by atoms with Gasteiger partial charge in [-0.3, -0.25) is 14.4 Å². The molecule has 7 rings (SSSR count). The number of nitrogens with zero attached hydrogens (tertiary/aromatic N) is 9.